The van der Waals surface area contributed by atoms with E-state index in [-0.39, 0.29) is 11.9 Å². The Morgan fingerprint density at radius 3 is 1.29 bits per heavy atom. The molecule has 3 aromatic carbocycles. The van der Waals surface area contributed by atoms with Crippen molar-refractivity contribution in [3.63, 3.8) is 0 Å². The number of fused-ring (bicyclic) bond motifs is 2. The van der Waals surface area contributed by atoms with Gasteiger partial charge in [-0.2, -0.15) is 0 Å². The molecule has 0 aliphatic carbocycles. The Morgan fingerprint density at radius 2 is 0.947 bits per heavy atom. The van der Waals surface area contributed by atoms with E-state index in [0.29, 0.717) is 26.1 Å². The van der Waals surface area contributed by atoms with Crippen LogP contribution in [0.4, 0.5) is 0 Å². The van der Waals surface area contributed by atoms with Gasteiger partial charge in [0.25, 0.3) is 0 Å². The van der Waals surface area contributed by atoms with E-state index >= 15 is 0 Å². The summed E-state index contributed by atoms with van der Waals surface area (Å²) in [6.07, 6.45) is 15.0. The van der Waals surface area contributed by atoms with Crippen molar-refractivity contribution in [2.75, 3.05) is 13.2 Å². The predicted molar refractivity (Wildman–Crippen MR) is 158 cm³/mol. The largest absolute Gasteiger partial charge is 0.466 e. The maximum absolute atomic E-state index is 11.9. The molecule has 3 aromatic rings. The number of esters is 2. The molecule has 0 fully saturated rings. The maximum atomic E-state index is 11.9. The van der Waals surface area contributed by atoms with Gasteiger partial charge in [0.2, 0.25) is 0 Å². The molecular weight excluding hydrogens is 472 g/mol. The molecule has 38 heavy (non-hydrogen) atoms. The molecule has 3 rings (SSSR count). The molecule has 204 valence electrons. The van der Waals surface area contributed by atoms with Crippen LogP contribution in [0.2, 0.25) is 0 Å². The van der Waals surface area contributed by atoms with Gasteiger partial charge in [0, 0.05) is 12.8 Å². The molecular formula is C34H44O4. The molecule has 0 aromatic heterocycles. The normalized spacial score (nSPS) is 11.0. The lowest BCUT2D eigenvalue weighted by Crippen LogP contribution is -2.15. The summed E-state index contributed by atoms with van der Waals surface area (Å²) in [5.41, 5.74) is 0. The number of carbonyl (C=O) groups excluding carboxylic acids is 2. The minimum atomic E-state index is -0.0809. The van der Waals surface area contributed by atoms with Crippen molar-refractivity contribution in [1.82, 2.24) is 0 Å². The minimum Gasteiger partial charge on any atom is -0.466 e. The van der Waals surface area contributed by atoms with Gasteiger partial charge in [-0.3, -0.25) is 9.59 Å². The summed E-state index contributed by atoms with van der Waals surface area (Å²) in [5, 5.41) is 7.58. The van der Waals surface area contributed by atoms with E-state index in [1.807, 2.05) is 0 Å². The van der Waals surface area contributed by atoms with Crippen LogP contribution in [0.5, 0.6) is 0 Å². The van der Waals surface area contributed by atoms with Gasteiger partial charge in [0.15, 0.2) is 0 Å². The average Bonchev–Trinajstić information content (AvgIpc) is 2.93. The van der Waals surface area contributed by atoms with Crippen molar-refractivity contribution < 1.29 is 19.1 Å². The number of rotatable bonds is 16. The van der Waals surface area contributed by atoms with Crippen LogP contribution in [-0.2, 0) is 19.1 Å². The Hall–Kier alpha value is -3.14. The summed E-state index contributed by atoms with van der Waals surface area (Å²) in [7, 11) is 0. The lowest BCUT2D eigenvalue weighted by molar-refractivity contribution is -0.144. The van der Waals surface area contributed by atoms with Gasteiger partial charge < -0.3 is 9.47 Å². The molecule has 0 heterocycles. The molecule has 0 N–H and O–H groups in total. The maximum Gasteiger partial charge on any atom is 0.305 e. The molecule has 4 heteroatoms. The summed E-state index contributed by atoms with van der Waals surface area (Å²) in [4.78, 5) is 23.8. The predicted octanol–water partition coefficient (Wildman–Crippen LogP) is 7.36. The Labute approximate surface area is 227 Å². The third kappa shape index (κ3) is 9.01. The smallest absolute Gasteiger partial charge is 0.305 e. The van der Waals surface area contributed by atoms with Crippen LogP contribution in [-0.4, -0.2) is 25.2 Å². The number of ether oxygens (including phenoxy) is 2. The molecule has 0 unspecified atom stereocenters. The number of hydrogen-bond donors (Lipinski definition) is 0. The zero-order valence-electron chi connectivity index (χ0n) is 23.3. The van der Waals surface area contributed by atoms with E-state index in [1.54, 1.807) is 0 Å². The van der Waals surface area contributed by atoms with Crippen molar-refractivity contribution >= 4 is 45.6 Å². The molecule has 0 bridgehead atoms. The van der Waals surface area contributed by atoms with Crippen molar-refractivity contribution in [1.29, 1.82) is 0 Å². The lowest BCUT2D eigenvalue weighted by atomic mass is 9.96. The van der Waals surface area contributed by atoms with Gasteiger partial charge >= 0.3 is 11.9 Å². The van der Waals surface area contributed by atoms with Gasteiger partial charge in [-0.15, -0.1) is 0 Å². The standard InChI is InChI=1S/C34H44O4/c1-3-5-25-37-33(35)23-11-7-9-17-27-29-19-13-15-21-31(29)28(32-22-16-14-20-30(27)32)18-10-8-12-24-34(36)38-26-6-4-2/h13-22H,3-12,23-26H2,1-2H3. The Balaban J connectivity index is 1.72. The molecule has 0 aliphatic heterocycles. The minimum absolute atomic E-state index is 0.0809. The van der Waals surface area contributed by atoms with E-state index in [2.05, 4.69) is 74.5 Å². The molecule has 0 saturated heterocycles. The summed E-state index contributed by atoms with van der Waals surface area (Å²) in [6.45, 7) is 5.26. The zero-order valence-corrected chi connectivity index (χ0v) is 23.3. The van der Waals surface area contributed by atoms with E-state index < -0.39 is 0 Å². The topological polar surface area (TPSA) is 52.6 Å². The summed E-state index contributed by atoms with van der Waals surface area (Å²) in [5.74, 6) is -0.162. The third-order valence-electron chi connectivity index (χ3n) is 6.90. The van der Waals surface area contributed by atoms with Crippen LogP contribution in [0.25, 0.3) is 33.7 Å². The first kappa shape index (κ1) is 29.4. The highest BCUT2D eigenvalue weighted by Gasteiger charge is 2.06. The Bertz CT molecular complexity index is 1130. The van der Waals surface area contributed by atoms with Crippen LogP contribution >= 0.6 is 0 Å². The van der Waals surface area contributed by atoms with Crippen molar-refractivity contribution in [3.05, 3.63) is 59.0 Å². The van der Waals surface area contributed by atoms with Gasteiger partial charge in [0.05, 0.1) is 13.2 Å². The second kappa shape index (κ2) is 16.7. The molecule has 4 nitrogen and oxygen atoms in total. The molecule has 0 amide bonds. The van der Waals surface area contributed by atoms with Gasteiger partial charge in [-0.1, -0.05) is 87.4 Å². The average molecular weight is 517 g/mol. The van der Waals surface area contributed by atoms with Gasteiger partial charge in [-0.05, 0) is 83.3 Å². The number of hydrogen-bond acceptors (Lipinski definition) is 4. The van der Waals surface area contributed by atoms with Crippen molar-refractivity contribution in [2.45, 2.75) is 90.9 Å². The molecule has 0 atom stereocenters. The highest BCUT2D eigenvalue weighted by molar-refractivity contribution is 6.00. The lowest BCUT2D eigenvalue weighted by Gasteiger charge is -2.08. The first-order valence-corrected chi connectivity index (χ1v) is 14.6. The fraction of sp³-hybridized carbons (Fsp3) is 0.471. The highest BCUT2D eigenvalue weighted by atomic mass is 16.5. The van der Waals surface area contributed by atoms with E-state index in [9.17, 15) is 9.59 Å². The Kier molecular flexibility index (Phi) is 12.9. The fourth-order valence-corrected chi connectivity index (χ4v) is 4.76. The van der Waals surface area contributed by atoms with Crippen molar-refractivity contribution in [2.24, 2.45) is 0 Å². The van der Waals surface area contributed by atoms with Crippen molar-refractivity contribution in [3.8, 4) is 0 Å². The van der Waals surface area contributed by atoms with E-state index in [4.69, 9.17) is 9.47 Å². The van der Waals surface area contributed by atoms with Crippen LogP contribution in [0.3, 0.4) is 0 Å². The Morgan fingerprint density at radius 1 is 0.579 bits per heavy atom. The summed E-state index contributed by atoms with van der Waals surface area (Å²) in [6, 6.07) is 17.3. The number of benzene rings is 3. The summed E-state index contributed by atoms with van der Waals surface area (Å²) < 4.78 is 10.6. The molecule has 0 spiro atoms. The number of carbonyl (C=O) groups is 2. The second-order valence-corrected chi connectivity index (χ2v) is 9.97. The fourth-order valence-electron chi connectivity index (χ4n) is 4.76. The first-order chi connectivity index (χ1) is 18.7. The monoisotopic (exact) mass is 516 g/mol. The van der Waals surface area contributed by atoms with Crippen LogP contribution in [0.1, 0.15) is 90.9 Å². The molecule has 0 saturated carbocycles. The van der Waals surface area contributed by atoms with Crippen LogP contribution in [0.15, 0.2) is 48.5 Å². The molecule has 0 radical (unpaired) electrons. The van der Waals surface area contributed by atoms with Gasteiger partial charge in [-0.25, -0.2) is 0 Å². The SMILES string of the molecule is CCCCOC(=O)CCCCC=c1c2ccccc2c(=CCCCCC(=O)OCCCC)c2ccccc12. The van der Waals surface area contributed by atoms with Crippen LogP contribution < -0.4 is 10.4 Å². The highest BCUT2D eigenvalue weighted by Crippen LogP contribution is 2.15. The summed E-state index contributed by atoms with van der Waals surface area (Å²) >= 11 is 0. The zero-order chi connectivity index (χ0) is 27.0. The van der Waals surface area contributed by atoms with Gasteiger partial charge in [0.1, 0.15) is 0 Å². The van der Waals surface area contributed by atoms with E-state index in [0.717, 1.165) is 64.2 Å². The third-order valence-corrected chi connectivity index (χ3v) is 6.90. The quantitative estimate of drug-likeness (QED) is 0.113. The number of unbranched alkanes of at least 4 members (excludes halogenated alkanes) is 6. The first-order valence-electron chi connectivity index (χ1n) is 14.6. The van der Waals surface area contributed by atoms with Crippen LogP contribution in [0, 0.1) is 0 Å². The second-order valence-electron chi connectivity index (χ2n) is 9.97. The molecule has 0 aliphatic rings. The van der Waals surface area contributed by atoms with E-state index in [1.165, 1.54) is 32.0 Å².